The van der Waals surface area contributed by atoms with Crippen molar-refractivity contribution in [2.24, 2.45) is 17.6 Å². The standard InChI is InChI=1S/C18H30N2O2/c1-6-22-17-10-8-7-9-15(17)16(11-12(2)3)20-18(21)13(4)14(5)19/h7-10,12-14,16H,6,11,19H2,1-5H3,(H,20,21). The molecule has 3 N–H and O–H groups in total. The smallest absolute Gasteiger partial charge is 0.224 e. The molecule has 0 aromatic heterocycles. The molecule has 0 saturated heterocycles. The molecule has 1 rings (SSSR count). The molecule has 0 radical (unpaired) electrons. The minimum atomic E-state index is -0.214. The average Bonchev–Trinajstić information content (AvgIpc) is 2.46. The van der Waals surface area contributed by atoms with E-state index in [-0.39, 0.29) is 23.9 Å². The molecule has 0 aliphatic carbocycles. The summed E-state index contributed by atoms with van der Waals surface area (Å²) in [7, 11) is 0. The van der Waals surface area contributed by atoms with Gasteiger partial charge in [0, 0.05) is 17.5 Å². The van der Waals surface area contributed by atoms with Crippen LogP contribution in [0.3, 0.4) is 0 Å². The van der Waals surface area contributed by atoms with Crippen LogP contribution < -0.4 is 15.8 Å². The van der Waals surface area contributed by atoms with Gasteiger partial charge in [-0.05, 0) is 32.3 Å². The van der Waals surface area contributed by atoms with Crippen molar-refractivity contribution in [1.82, 2.24) is 5.32 Å². The molecule has 0 fully saturated rings. The van der Waals surface area contributed by atoms with E-state index in [4.69, 9.17) is 10.5 Å². The second kappa shape index (κ2) is 8.79. The van der Waals surface area contributed by atoms with E-state index in [0.29, 0.717) is 12.5 Å². The molecule has 3 unspecified atom stereocenters. The number of carbonyl (C=O) groups is 1. The molecule has 3 atom stereocenters. The van der Waals surface area contributed by atoms with Gasteiger partial charge >= 0.3 is 0 Å². The van der Waals surface area contributed by atoms with Crippen LogP contribution >= 0.6 is 0 Å². The second-order valence-electron chi connectivity index (χ2n) is 6.31. The molecule has 4 heteroatoms. The van der Waals surface area contributed by atoms with Gasteiger partial charge in [0.15, 0.2) is 0 Å². The molecular formula is C18H30N2O2. The number of para-hydroxylation sites is 1. The normalized spacial score (nSPS) is 15.2. The van der Waals surface area contributed by atoms with Crippen LogP contribution in [0.2, 0.25) is 0 Å². The first-order valence-electron chi connectivity index (χ1n) is 8.14. The molecule has 1 aromatic carbocycles. The van der Waals surface area contributed by atoms with Crippen LogP contribution in [-0.4, -0.2) is 18.6 Å². The summed E-state index contributed by atoms with van der Waals surface area (Å²) >= 11 is 0. The third-order valence-corrected chi connectivity index (χ3v) is 3.82. The number of carbonyl (C=O) groups excluding carboxylic acids is 1. The Morgan fingerprint density at radius 2 is 1.86 bits per heavy atom. The van der Waals surface area contributed by atoms with Crippen molar-refractivity contribution < 1.29 is 9.53 Å². The molecule has 22 heavy (non-hydrogen) atoms. The molecule has 0 aliphatic heterocycles. The van der Waals surface area contributed by atoms with Gasteiger partial charge in [0.2, 0.25) is 5.91 Å². The van der Waals surface area contributed by atoms with Crippen LogP contribution in [0.5, 0.6) is 5.75 Å². The zero-order valence-electron chi connectivity index (χ0n) is 14.4. The van der Waals surface area contributed by atoms with Crippen LogP contribution in [0.15, 0.2) is 24.3 Å². The Morgan fingerprint density at radius 3 is 2.41 bits per heavy atom. The summed E-state index contributed by atoms with van der Waals surface area (Å²) in [5, 5.41) is 3.15. The predicted octanol–water partition coefficient (Wildman–Crippen LogP) is 3.27. The van der Waals surface area contributed by atoms with Gasteiger partial charge < -0.3 is 15.8 Å². The third-order valence-electron chi connectivity index (χ3n) is 3.82. The van der Waals surface area contributed by atoms with E-state index in [1.807, 2.05) is 45.0 Å². The lowest BCUT2D eigenvalue weighted by atomic mass is 9.94. The predicted molar refractivity (Wildman–Crippen MR) is 90.8 cm³/mol. The zero-order valence-corrected chi connectivity index (χ0v) is 14.4. The van der Waals surface area contributed by atoms with Crippen molar-refractivity contribution in [2.75, 3.05) is 6.61 Å². The number of nitrogens with two attached hydrogens (primary N) is 1. The van der Waals surface area contributed by atoms with E-state index in [9.17, 15) is 4.79 Å². The largest absolute Gasteiger partial charge is 0.494 e. The van der Waals surface area contributed by atoms with Gasteiger partial charge in [-0.15, -0.1) is 0 Å². The van der Waals surface area contributed by atoms with Crippen molar-refractivity contribution in [2.45, 2.75) is 53.1 Å². The van der Waals surface area contributed by atoms with Crippen LogP contribution in [0, 0.1) is 11.8 Å². The molecule has 0 aliphatic rings. The molecule has 0 saturated carbocycles. The summed E-state index contributed by atoms with van der Waals surface area (Å²) in [6.45, 7) is 10.6. The summed E-state index contributed by atoms with van der Waals surface area (Å²) in [6.07, 6.45) is 0.863. The number of nitrogens with one attached hydrogen (secondary N) is 1. The van der Waals surface area contributed by atoms with Crippen molar-refractivity contribution in [1.29, 1.82) is 0 Å². The lowest BCUT2D eigenvalue weighted by molar-refractivity contribution is -0.125. The number of amides is 1. The highest BCUT2D eigenvalue weighted by atomic mass is 16.5. The van der Waals surface area contributed by atoms with E-state index in [2.05, 4.69) is 19.2 Å². The molecule has 4 nitrogen and oxygen atoms in total. The van der Waals surface area contributed by atoms with E-state index in [0.717, 1.165) is 17.7 Å². The summed E-state index contributed by atoms with van der Waals surface area (Å²) in [4.78, 5) is 12.4. The molecule has 1 aromatic rings. The first-order chi connectivity index (χ1) is 10.4. The van der Waals surface area contributed by atoms with Gasteiger partial charge in [-0.1, -0.05) is 39.0 Å². The molecule has 124 valence electrons. The third kappa shape index (κ3) is 5.34. The molecular weight excluding hydrogens is 276 g/mol. The van der Waals surface area contributed by atoms with Gasteiger partial charge in [-0.25, -0.2) is 0 Å². The quantitative estimate of drug-likeness (QED) is 0.774. The fourth-order valence-electron chi connectivity index (χ4n) is 2.33. The maximum atomic E-state index is 12.4. The van der Waals surface area contributed by atoms with E-state index in [1.165, 1.54) is 0 Å². The highest BCUT2D eigenvalue weighted by molar-refractivity contribution is 5.79. The Kier molecular flexibility index (Phi) is 7.39. The monoisotopic (exact) mass is 306 g/mol. The van der Waals surface area contributed by atoms with Crippen LogP contribution in [-0.2, 0) is 4.79 Å². The summed E-state index contributed by atoms with van der Waals surface area (Å²) in [5.41, 5.74) is 6.88. The number of rotatable bonds is 8. The van der Waals surface area contributed by atoms with Gasteiger partial charge in [0.05, 0.1) is 12.6 Å². The fraction of sp³-hybridized carbons (Fsp3) is 0.611. The summed E-state index contributed by atoms with van der Waals surface area (Å²) < 4.78 is 5.71. The second-order valence-corrected chi connectivity index (χ2v) is 6.31. The molecule has 0 spiro atoms. The molecule has 0 heterocycles. The van der Waals surface area contributed by atoms with Gasteiger partial charge in [-0.3, -0.25) is 4.79 Å². The fourth-order valence-corrected chi connectivity index (χ4v) is 2.33. The highest BCUT2D eigenvalue weighted by Crippen LogP contribution is 2.30. The molecule has 1 amide bonds. The first-order valence-corrected chi connectivity index (χ1v) is 8.14. The van der Waals surface area contributed by atoms with Gasteiger partial charge in [0.1, 0.15) is 5.75 Å². The maximum absolute atomic E-state index is 12.4. The van der Waals surface area contributed by atoms with Gasteiger partial charge in [0.25, 0.3) is 0 Å². The van der Waals surface area contributed by atoms with Crippen LogP contribution in [0.4, 0.5) is 0 Å². The Bertz CT molecular complexity index is 472. The Hall–Kier alpha value is -1.55. The average molecular weight is 306 g/mol. The SMILES string of the molecule is CCOc1ccccc1C(CC(C)C)NC(=O)C(C)C(C)N. The first kappa shape index (κ1) is 18.5. The number of benzene rings is 1. The lowest BCUT2D eigenvalue weighted by Crippen LogP contribution is -2.40. The number of hydrogen-bond donors (Lipinski definition) is 2. The van der Waals surface area contributed by atoms with Crippen LogP contribution in [0.25, 0.3) is 0 Å². The minimum absolute atomic E-state index is 0.00745. The lowest BCUT2D eigenvalue weighted by Gasteiger charge is -2.25. The van der Waals surface area contributed by atoms with E-state index >= 15 is 0 Å². The number of ether oxygens (including phenoxy) is 1. The van der Waals surface area contributed by atoms with Crippen molar-refractivity contribution in [3.63, 3.8) is 0 Å². The molecule has 0 bridgehead atoms. The Balaban J connectivity index is 3.00. The minimum Gasteiger partial charge on any atom is -0.494 e. The Morgan fingerprint density at radius 1 is 1.23 bits per heavy atom. The van der Waals surface area contributed by atoms with E-state index in [1.54, 1.807) is 0 Å². The highest BCUT2D eigenvalue weighted by Gasteiger charge is 2.24. The van der Waals surface area contributed by atoms with Crippen molar-refractivity contribution in [3.05, 3.63) is 29.8 Å². The van der Waals surface area contributed by atoms with Crippen molar-refractivity contribution >= 4 is 5.91 Å². The van der Waals surface area contributed by atoms with E-state index < -0.39 is 0 Å². The Labute approximate surface area is 134 Å². The maximum Gasteiger partial charge on any atom is 0.224 e. The number of hydrogen-bond acceptors (Lipinski definition) is 3. The summed E-state index contributed by atoms with van der Waals surface area (Å²) in [6, 6.07) is 7.68. The zero-order chi connectivity index (χ0) is 16.7. The van der Waals surface area contributed by atoms with Crippen LogP contribution in [0.1, 0.15) is 52.6 Å². The van der Waals surface area contributed by atoms with Crippen molar-refractivity contribution in [3.8, 4) is 5.75 Å². The topological polar surface area (TPSA) is 64.3 Å². The van der Waals surface area contributed by atoms with Gasteiger partial charge in [-0.2, -0.15) is 0 Å². The summed E-state index contributed by atoms with van der Waals surface area (Å²) in [5.74, 6) is 1.08.